The lowest BCUT2D eigenvalue weighted by Gasteiger charge is -2.29. The van der Waals surface area contributed by atoms with Crippen molar-refractivity contribution in [2.45, 2.75) is 19.3 Å². The zero-order valence-electron chi connectivity index (χ0n) is 10.6. The molecular weight excluding hydrogens is 288 g/mol. The van der Waals surface area contributed by atoms with Gasteiger partial charge in [-0.05, 0) is 43.5 Å². The molecule has 3 rings (SSSR count). The van der Waals surface area contributed by atoms with Crippen LogP contribution in [0.25, 0.3) is 11.0 Å². The van der Waals surface area contributed by atoms with Gasteiger partial charge in [0.2, 0.25) is 0 Å². The maximum atomic E-state index is 13.7. The Morgan fingerprint density at radius 1 is 1.42 bits per heavy atom. The van der Waals surface area contributed by atoms with Gasteiger partial charge in [-0.3, -0.25) is 0 Å². The minimum Gasteiger partial charge on any atom is -0.462 e. The first-order chi connectivity index (χ1) is 8.66. The molecule has 1 aliphatic rings. The Labute approximate surface area is 122 Å². The molecular formula is C14H16Cl2FNO. The van der Waals surface area contributed by atoms with Crippen LogP contribution in [0.4, 0.5) is 4.39 Å². The fourth-order valence-corrected chi connectivity index (χ4v) is 3.03. The Morgan fingerprint density at radius 3 is 2.95 bits per heavy atom. The summed E-state index contributed by atoms with van der Waals surface area (Å²) in [7, 11) is 0. The van der Waals surface area contributed by atoms with Gasteiger partial charge in [0.15, 0.2) is 0 Å². The molecule has 0 saturated carbocycles. The molecule has 2 nitrogen and oxygen atoms in total. The number of hydrogen-bond donors (Lipinski definition) is 1. The van der Waals surface area contributed by atoms with Crippen molar-refractivity contribution in [3.63, 3.8) is 0 Å². The molecule has 0 spiro atoms. The van der Waals surface area contributed by atoms with Gasteiger partial charge in [-0.25, -0.2) is 4.39 Å². The minimum atomic E-state index is -0.244. The largest absolute Gasteiger partial charge is 0.462 e. The van der Waals surface area contributed by atoms with Gasteiger partial charge < -0.3 is 9.73 Å². The number of furan rings is 1. The highest BCUT2D eigenvalue weighted by atomic mass is 35.5. The first-order valence-corrected chi connectivity index (χ1v) is 6.61. The summed E-state index contributed by atoms with van der Waals surface area (Å²) in [5, 5.41) is 4.51. The number of fused-ring (bicyclic) bond motifs is 1. The van der Waals surface area contributed by atoms with Crippen LogP contribution in [0.1, 0.15) is 24.8 Å². The van der Waals surface area contributed by atoms with Crippen molar-refractivity contribution >= 4 is 35.0 Å². The van der Waals surface area contributed by atoms with Gasteiger partial charge in [-0.2, -0.15) is 0 Å². The smallest absolute Gasteiger partial charge is 0.139 e. The SMILES string of the molecule is C[C@H]1CNCC[C@H]1c1cc(F)cc2c(Cl)coc12.Cl. The van der Waals surface area contributed by atoms with Crippen LogP contribution in [0.5, 0.6) is 0 Å². The van der Waals surface area contributed by atoms with Crippen molar-refractivity contribution in [1.29, 1.82) is 0 Å². The van der Waals surface area contributed by atoms with E-state index in [0.29, 0.717) is 22.2 Å². The number of nitrogens with one attached hydrogen (secondary N) is 1. The molecule has 2 atom stereocenters. The lowest BCUT2D eigenvalue weighted by Crippen LogP contribution is -2.33. The van der Waals surface area contributed by atoms with Gasteiger partial charge in [0.05, 0.1) is 5.02 Å². The molecule has 0 radical (unpaired) electrons. The van der Waals surface area contributed by atoms with Gasteiger partial charge in [0, 0.05) is 10.9 Å². The fourth-order valence-electron chi connectivity index (χ4n) is 2.85. The van der Waals surface area contributed by atoms with Gasteiger partial charge >= 0.3 is 0 Å². The normalized spacial score (nSPS) is 23.3. The molecule has 0 aliphatic carbocycles. The van der Waals surface area contributed by atoms with E-state index in [4.69, 9.17) is 16.0 Å². The van der Waals surface area contributed by atoms with Crippen LogP contribution >= 0.6 is 24.0 Å². The Kier molecular flexibility index (Phi) is 4.39. The second kappa shape index (κ2) is 5.70. The van der Waals surface area contributed by atoms with E-state index in [1.807, 2.05) is 0 Å². The summed E-state index contributed by atoms with van der Waals surface area (Å²) in [6.07, 6.45) is 2.49. The Balaban J connectivity index is 0.00000133. The molecule has 1 aliphatic heterocycles. The van der Waals surface area contributed by atoms with E-state index in [1.54, 1.807) is 6.07 Å². The summed E-state index contributed by atoms with van der Waals surface area (Å²) >= 11 is 6.02. The van der Waals surface area contributed by atoms with Crippen molar-refractivity contribution in [2.75, 3.05) is 13.1 Å². The third kappa shape index (κ3) is 2.60. The van der Waals surface area contributed by atoms with E-state index in [-0.39, 0.29) is 18.2 Å². The average molecular weight is 304 g/mol. The van der Waals surface area contributed by atoms with E-state index in [9.17, 15) is 4.39 Å². The highest BCUT2D eigenvalue weighted by Crippen LogP contribution is 2.38. The molecule has 0 amide bonds. The first-order valence-electron chi connectivity index (χ1n) is 6.23. The molecule has 1 saturated heterocycles. The standard InChI is InChI=1S/C14H15ClFNO.ClH/c1-8-6-17-3-2-10(8)11-4-9(16)5-12-13(15)7-18-14(11)12;/h4-5,7-8,10,17H,2-3,6H2,1H3;1H/t8-,10+;/m0./s1. The number of piperidine rings is 1. The summed E-state index contributed by atoms with van der Waals surface area (Å²) in [6, 6.07) is 3.03. The topological polar surface area (TPSA) is 25.2 Å². The van der Waals surface area contributed by atoms with E-state index in [0.717, 1.165) is 30.7 Å². The van der Waals surface area contributed by atoms with E-state index in [2.05, 4.69) is 12.2 Å². The number of halogens is 3. The number of hydrogen-bond acceptors (Lipinski definition) is 2. The summed E-state index contributed by atoms with van der Waals surface area (Å²) in [5.41, 5.74) is 1.69. The zero-order chi connectivity index (χ0) is 12.7. The molecule has 1 aromatic carbocycles. The summed E-state index contributed by atoms with van der Waals surface area (Å²) in [6.45, 7) is 4.09. The highest BCUT2D eigenvalue weighted by molar-refractivity contribution is 6.35. The molecule has 2 aromatic rings. The lowest BCUT2D eigenvalue weighted by atomic mass is 9.82. The van der Waals surface area contributed by atoms with E-state index >= 15 is 0 Å². The first kappa shape index (κ1) is 14.6. The zero-order valence-corrected chi connectivity index (χ0v) is 12.2. The predicted octanol–water partition coefficient (Wildman–Crippen LogP) is 4.36. The summed E-state index contributed by atoms with van der Waals surface area (Å²) < 4.78 is 19.2. The van der Waals surface area contributed by atoms with Crippen molar-refractivity contribution in [3.8, 4) is 0 Å². The molecule has 5 heteroatoms. The van der Waals surface area contributed by atoms with Crippen LogP contribution in [-0.4, -0.2) is 13.1 Å². The lowest BCUT2D eigenvalue weighted by molar-refractivity contribution is 0.348. The van der Waals surface area contributed by atoms with Crippen molar-refractivity contribution in [3.05, 3.63) is 34.8 Å². The molecule has 19 heavy (non-hydrogen) atoms. The third-order valence-electron chi connectivity index (χ3n) is 3.80. The minimum absolute atomic E-state index is 0. The number of benzene rings is 1. The van der Waals surface area contributed by atoms with Crippen LogP contribution < -0.4 is 5.32 Å². The van der Waals surface area contributed by atoms with Crippen LogP contribution in [0.3, 0.4) is 0 Å². The summed E-state index contributed by atoms with van der Waals surface area (Å²) in [5.74, 6) is 0.547. The second-order valence-electron chi connectivity index (χ2n) is 5.03. The van der Waals surface area contributed by atoms with E-state index in [1.165, 1.54) is 12.3 Å². The Hall–Kier alpha value is -0.770. The fraction of sp³-hybridized carbons (Fsp3) is 0.429. The van der Waals surface area contributed by atoms with Gasteiger partial charge in [-0.15, -0.1) is 12.4 Å². The third-order valence-corrected chi connectivity index (χ3v) is 4.10. The van der Waals surface area contributed by atoms with Gasteiger partial charge in [0.1, 0.15) is 17.7 Å². The molecule has 0 unspecified atom stereocenters. The molecule has 104 valence electrons. The van der Waals surface area contributed by atoms with Crippen molar-refractivity contribution in [2.24, 2.45) is 5.92 Å². The predicted molar refractivity (Wildman–Crippen MR) is 77.8 cm³/mol. The Morgan fingerprint density at radius 2 is 2.21 bits per heavy atom. The highest BCUT2D eigenvalue weighted by Gasteiger charge is 2.26. The van der Waals surface area contributed by atoms with Crippen molar-refractivity contribution in [1.82, 2.24) is 5.32 Å². The van der Waals surface area contributed by atoms with Gasteiger partial charge in [-0.1, -0.05) is 18.5 Å². The van der Waals surface area contributed by atoms with Crippen LogP contribution in [0.2, 0.25) is 5.02 Å². The van der Waals surface area contributed by atoms with Crippen LogP contribution in [-0.2, 0) is 0 Å². The van der Waals surface area contributed by atoms with Crippen molar-refractivity contribution < 1.29 is 8.81 Å². The quantitative estimate of drug-likeness (QED) is 0.847. The average Bonchev–Trinajstić information content (AvgIpc) is 2.71. The molecule has 1 aromatic heterocycles. The van der Waals surface area contributed by atoms with Crippen LogP contribution in [0.15, 0.2) is 22.8 Å². The molecule has 1 N–H and O–H groups in total. The monoisotopic (exact) mass is 303 g/mol. The summed E-state index contributed by atoms with van der Waals surface area (Å²) in [4.78, 5) is 0. The van der Waals surface area contributed by atoms with Crippen LogP contribution in [0, 0.1) is 11.7 Å². The van der Waals surface area contributed by atoms with E-state index < -0.39 is 0 Å². The molecule has 2 heterocycles. The van der Waals surface area contributed by atoms with Gasteiger partial charge in [0.25, 0.3) is 0 Å². The molecule has 1 fully saturated rings. The Bertz CT molecular complexity index is 584. The second-order valence-corrected chi connectivity index (χ2v) is 5.44. The molecule has 0 bridgehead atoms. The maximum absolute atomic E-state index is 13.7. The maximum Gasteiger partial charge on any atom is 0.139 e. The number of rotatable bonds is 1.